The van der Waals surface area contributed by atoms with E-state index in [2.05, 4.69) is 0 Å². The molecule has 25 heavy (non-hydrogen) atoms. The minimum atomic E-state index is -3.68. The molecule has 2 rings (SSSR count). The molecule has 1 aliphatic heterocycles. The molecule has 0 saturated carbocycles. The zero-order valence-corrected chi connectivity index (χ0v) is 15.3. The molecule has 7 nitrogen and oxygen atoms in total. The molecule has 1 amide bonds. The predicted molar refractivity (Wildman–Crippen MR) is 92.9 cm³/mol. The fraction of sp³-hybridized carbons (Fsp3) is 0.529. The lowest BCUT2D eigenvalue weighted by Gasteiger charge is -2.32. The summed E-state index contributed by atoms with van der Waals surface area (Å²) in [5.41, 5.74) is 0.175. The molecular weight excluding hydrogens is 344 g/mol. The van der Waals surface area contributed by atoms with Gasteiger partial charge in [0.1, 0.15) is 6.54 Å². The zero-order chi connectivity index (χ0) is 18.6. The topological polar surface area (TPSA) is 95.0 Å². The molecule has 0 spiro atoms. The number of nitrogens with zero attached hydrogens (tertiary/aromatic N) is 2. The van der Waals surface area contributed by atoms with Crippen LogP contribution in [0, 0.1) is 0 Å². The Morgan fingerprint density at radius 2 is 2.04 bits per heavy atom. The molecule has 1 aromatic rings. The number of rotatable bonds is 6. The summed E-state index contributed by atoms with van der Waals surface area (Å²) < 4.78 is 27.3. The Morgan fingerprint density at radius 1 is 1.32 bits per heavy atom. The lowest BCUT2D eigenvalue weighted by atomic mass is 10.1. The molecule has 0 aliphatic carbocycles. The quantitative estimate of drug-likeness (QED) is 0.826. The number of sulfonamides is 1. The van der Waals surface area contributed by atoms with Crippen molar-refractivity contribution in [2.75, 3.05) is 19.6 Å². The molecule has 1 aliphatic rings. The summed E-state index contributed by atoms with van der Waals surface area (Å²) in [6, 6.07) is 5.76. The van der Waals surface area contributed by atoms with E-state index in [1.54, 1.807) is 6.92 Å². The second kappa shape index (κ2) is 7.97. The van der Waals surface area contributed by atoms with Gasteiger partial charge in [-0.15, -0.1) is 0 Å². The number of amides is 1. The van der Waals surface area contributed by atoms with E-state index in [1.165, 1.54) is 28.6 Å². The van der Waals surface area contributed by atoms with Crippen molar-refractivity contribution in [1.29, 1.82) is 0 Å². The Bertz CT molecular complexity index is 747. The molecule has 1 unspecified atom stereocenters. The highest BCUT2D eigenvalue weighted by atomic mass is 32.2. The van der Waals surface area contributed by atoms with Crippen LogP contribution in [0.3, 0.4) is 0 Å². The molecule has 1 fully saturated rings. The molecule has 1 atom stereocenters. The number of carbonyl (C=O) groups is 2. The molecule has 1 N–H and O–H groups in total. The summed E-state index contributed by atoms with van der Waals surface area (Å²) in [4.78, 5) is 24.6. The minimum Gasteiger partial charge on any atom is -0.480 e. The maximum atomic E-state index is 12.9. The number of hydrogen-bond acceptors (Lipinski definition) is 4. The van der Waals surface area contributed by atoms with Crippen molar-refractivity contribution >= 4 is 21.9 Å². The molecule has 0 aromatic heterocycles. The minimum absolute atomic E-state index is 0.0680. The van der Waals surface area contributed by atoms with Crippen LogP contribution in [-0.4, -0.2) is 60.3 Å². The van der Waals surface area contributed by atoms with E-state index < -0.39 is 28.4 Å². The number of carbonyl (C=O) groups excluding carboxylic acids is 1. The maximum absolute atomic E-state index is 12.9. The van der Waals surface area contributed by atoms with Crippen molar-refractivity contribution in [2.45, 2.75) is 44.0 Å². The molecule has 1 aromatic carbocycles. The normalized spacial score (nSPS) is 18.7. The lowest BCUT2D eigenvalue weighted by Crippen LogP contribution is -2.42. The number of likely N-dealkylation sites (N-methyl/N-ethyl adjacent to an activating group) is 1. The number of piperidine rings is 1. The van der Waals surface area contributed by atoms with Gasteiger partial charge < -0.3 is 10.0 Å². The van der Waals surface area contributed by atoms with Crippen LogP contribution in [0.2, 0.25) is 0 Å². The van der Waals surface area contributed by atoms with Crippen molar-refractivity contribution in [2.24, 2.45) is 0 Å². The first-order chi connectivity index (χ1) is 11.8. The third-order valence-electron chi connectivity index (χ3n) is 4.42. The molecule has 1 saturated heterocycles. The summed E-state index contributed by atoms with van der Waals surface area (Å²) in [6.45, 7) is 3.84. The van der Waals surface area contributed by atoms with Gasteiger partial charge in [0.05, 0.1) is 4.90 Å². The second-order valence-corrected chi connectivity index (χ2v) is 8.09. The standard InChI is InChI=1S/C17H24N2O5S/c1-3-18(12-16(20)21)17(22)14-8-6-9-15(11-14)25(23,24)19-10-5-4-7-13(19)2/h6,8-9,11,13H,3-5,7,10,12H2,1-2H3,(H,20,21). The maximum Gasteiger partial charge on any atom is 0.323 e. The van der Waals surface area contributed by atoms with Crippen molar-refractivity contribution in [1.82, 2.24) is 9.21 Å². The Hall–Kier alpha value is -1.93. The Labute approximate surface area is 148 Å². The molecule has 1 heterocycles. The van der Waals surface area contributed by atoms with Gasteiger partial charge in [-0.3, -0.25) is 9.59 Å². The number of benzene rings is 1. The van der Waals surface area contributed by atoms with Crippen LogP contribution in [0.25, 0.3) is 0 Å². The summed E-state index contributed by atoms with van der Waals surface area (Å²) in [7, 11) is -3.68. The van der Waals surface area contributed by atoms with E-state index in [-0.39, 0.29) is 23.0 Å². The highest BCUT2D eigenvalue weighted by molar-refractivity contribution is 7.89. The number of aliphatic carboxylic acids is 1. The van der Waals surface area contributed by atoms with E-state index in [9.17, 15) is 18.0 Å². The van der Waals surface area contributed by atoms with Gasteiger partial charge in [0, 0.05) is 24.7 Å². The second-order valence-electron chi connectivity index (χ2n) is 6.20. The summed E-state index contributed by atoms with van der Waals surface area (Å²) in [6.07, 6.45) is 2.65. The van der Waals surface area contributed by atoms with E-state index in [1.807, 2.05) is 6.92 Å². The Kier molecular flexibility index (Phi) is 6.18. The van der Waals surface area contributed by atoms with Crippen LogP contribution in [-0.2, 0) is 14.8 Å². The van der Waals surface area contributed by atoms with Crippen LogP contribution in [0.1, 0.15) is 43.5 Å². The molecular formula is C17H24N2O5S. The molecule has 0 bridgehead atoms. The SMILES string of the molecule is CCN(CC(=O)O)C(=O)c1cccc(S(=O)(=O)N2CCCCC2C)c1. The van der Waals surface area contributed by atoms with Crippen molar-refractivity contribution in [3.8, 4) is 0 Å². The number of hydrogen-bond donors (Lipinski definition) is 1. The van der Waals surface area contributed by atoms with E-state index in [0.717, 1.165) is 24.2 Å². The van der Waals surface area contributed by atoms with Crippen molar-refractivity contribution in [3.63, 3.8) is 0 Å². The summed E-state index contributed by atoms with van der Waals surface area (Å²) >= 11 is 0. The first-order valence-corrected chi connectivity index (χ1v) is 9.84. The van der Waals surface area contributed by atoms with Crippen LogP contribution in [0.5, 0.6) is 0 Å². The van der Waals surface area contributed by atoms with Crippen LogP contribution in [0.4, 0.5) is 0 Å². The Morgan fingerprint density at radius 3 is 2.64 bits per heavy atom. The third kappa shape index (κ3) is 4.38. The van der Waals surface area contributed by atoms with Crippen molar-refractivity contribution in [3.05, 3.63) is 29.8 Å². The van der Waals surface area contributed by atoms with Gasteiger partial charge in [-0.2, -0.15) is 4.31 Å². The van der Waals surface area contributed by atoms with Gasteiger partial charge in [-0.25, -0.2) is 8.42 Å². The van der Waals surface area contributed by atoms with Crippen molar-refractivity contribution < 1.29 is 23.1 Å². The molecule has 8 heteroatoms. The average molecular weight is 368 g/mol. The number of carboxylic acids is 1. The first-order valence-electron chi connectivity index (χ1n) is 8.40. The van der Waals surface area contributed by atoms with Gasteiger partial charge in [-0.1, -0.05) is 12.5 Å². The smallest absolute Gasteiger partial charge is 0.323 e. The van der Waals surface area contributed by atoms with Crippen LogP contribution in [0.15, 0.2) is 29.2 Å². The van der Waals surface area contributed by atoms with E-state index in [4.69, 9.17) is 5.11 Å². The van der Waals surface area contributed by atoms with Gasteiger partial charge in [0.15, 0.2) is 0 Å². The third-order valence-corrected chi connectivity index (χ3v) is 6.43. The van der Waals surface area contributed by atoms with Gasteiger partial charge in [0.25, 0.3) is 5.91 Å². The largest absolute Gasteiger partial charge is 0.480 e. The van der Waals surface area contributed by atoms with Gasteiger partial charge in [-0.05, 0) is 44.9 Å². The highest BCUT2D eigenvalue weighted by Gasteiger charge is 2.31. The molecule has 138 valence electrons. The average Bonchev–Trinajstić information content (AvgIpc) is 2.59. The Balaban J connectivity index is 2.31. The van der Waals surface area contributed by atoms with Gasteiger partial charge in [0.2, 0.25) is 10.0 Å². The van der Waals surface area contributed by atoms with E-state index >= 15 is 0 Å². The van der Waals surface area contributed by atoms with Crippen LogP contribution >= 0.6 is 0 Å². The lowest BCUT2D eigenvalue weighted by molar-refractivity contribution is -0.137. The first kappa shape index (κ1) is 19.4. The fourth-order valence-electron chi connectivity index (χ4n) is 3.03. The zero-order valence-electron chi connectivity index (χ0n) is 14.5. The van der Waals surface area contributed by atoms with Crippen LogP contribution < -0.4 is 0 Å². The summed E-state index contributed by atoms with van der Waals surface area (Å²) in [5.74, 6) is -1.60. The number of carboxylic acid groups (broad SMARTS) is 1. The predicted octanol–water partition coefficient (Wildman–Crippen LogP) is 1.80. The van der Waals surface area contributed by atoms with E-state index in [0.29, 0.717) is 6.54 Å². The monoisotopic (exact) mass is 368 g/mol. The molecule has 0 radical (unpaired) electrons. The highest BCUT2D eigenvalue weighted by Crippen LogP contribution is 2.25. The summed E-state index contributed by atoms with van der Waals surface area (Å²) in [5, 5.41) is 8.90. The van der Waals surface area contributed by atoms with Gasteiger partial charge >= 0.3 is 5.97 Å². The fourth-order valence-corrected chi connectivity index (χ4v) is 4.77.